The molecule has 1 aliphatic heterocycles. The van der Waals surface area contributed by atoms with E-state index in [4.69, 9.17) is 0 Å². The van der Waals surface area contributed by atoms with Crippen molar-refractivity contribution in [3.05, 3.63) is 30.1 Å². The zero-order valence-corrected chi connectivity index (χ0v) is 16.0. The zero-order valence-electron chi connectivity index (χ0n) is 13.6. The lowest BCUT2D eigenvalue weighted by Crippen LogP contribution is -2.39. The summed E-state index contributed by atoms with van der Waals surface area (Å²) in [5, 5.41) is 6.39. The molecule has 0 spiro atoms. The highest BCUT2D eigenvalue weighted by atomic mass is 127. The van der Waals surface area contributed by atoms with Gasteiger partial charge in [0.2, 0.25) is 5.91 Å². The molecule has 128 valence electrons. The number of aromatic nitrogens is 1. The number of carbonyl (C=O) groups excluding carboxylic acids is 1. The third-order valence-electron chi connectivity index (χ3n) is 3.56. The lowest BCUT2D eigenvalue weighted by molar-refractivity contribution is -0.129. The predicted molar refractivity (Wildman–Crippen MR) is 103 cm³/mol. The van der Waals surface area contributed by atoms with E-state index >= 15 is 0 Å². The number of hydrogen-bond acceptors (Lipinski definition) is 3. The molecule has 2 N–H and O–H groups in total. The van der Waals surface area contributed by atoms with Crippen LogP contribution in [0, 0.1) is 0 Å². The van der Waals surface area contributed by atoms with E-state index in [-0.39, 0.29) is 29.9 Å². The van der Waals surface area contributed by atoms with E-state index in [0.717, 1.165) is 44.1 Å². The molecule has 6 nitrogen and oxygen atoms in total. The van der Waals surface area contributed by atoms with Crippen LogP contribution in [0.4, 0.5) is 0 Å². The lowest BCUT2D eigenvalue weighted by atomic mass is 10.3. The molecule has 1 saturated heterocycles. The van der Waals surface area contributed by atoms with E-state index in [1.165, 1.54) is 0 Å². The van der Waals surface area contributed by atoms with Gasteiger partial charge in [0.1, 0.15) is 0 Å². The molecule has 0 bridgehead atoms. The Morgan fingerprint density at radius 3 is 2.74 bits per heavy atom. The van der Waals surface area contributed by atoms with Gasteiger partial charge in [-0.15, -0.1) is 24.0 Å². The van der Waals surface area contributed by atoms with Gasteiger partial charge in [0.25, 0.3) is 0 Å². The van der Waals surface area contributed by atoms with Crippen molar-refractivity contribution in [2.45, 2.75) is 32.7 Å². The first kappa shape index (κ1) is 19.7. The Bertz CT molecular complexity index is 489. The fourth-order valence-electron chi connectivity index (χ4n) is 2.41. The lowest BCUT2D eigenvalue weighted by Gasteiger charge is -2.16. The largest absolute Gasteiger partial charge is 0.357 e. The normalized spacial score (nSPS) is 14.3. The molecule has 0 atom stereocenters. The van der Waals surface area contributed by atoms with E-state index in [2.05, 4.69) is 20.6 Å². The number of pyridine rings is 1. The highest BCUT2D eigenvalue weighted by Crippen LogP contribution is 2.08. The average Bonchev–Trinajstić information content (AvgIpc) is 3.08. The van der Waals surface area contributed by atoms with Gasteiger partial charge in [0, 0.05) is 38.8 Å². The number of carbonyl (C=O) groups is 1. The number of amides is 1. The van der Waals surface area contributed by atoms with Gasteiger partial charge in [-0.1, -0.05) is 6.07 Å². The van der Waals surface area contributed by atoms with Gasteiger partial charge in [0.15, 0.2) is 5.96 Å². The van der Waals surface area contributed by atoms with Crippen LogP contribution in [0.1, 0.15) is 31.9 Å². The summed E-state index contributed by atoms with van der Waals surface area (Å²) >= 11 is 0. The number of likely N-dealkylation sites (tertiary alicyclic amines) is 1. The molecule has 1 fully saturated rings. The number of halogens is 1. The molecule has 1 aromatic heterocycles. The Hall–Kier alpha value is -1.38. The quantitative estimate of drug-likeness (QED) is 0.409. The maximum atomic E-state index is 12.0. The number of rotatable bonds is 6. The summed E-state index contributed by atoms with van der Waals surface area (Å²) in [6.45, 7) is 5.75. The van der Waals surface area contributed by atoms with Crippen molar-refractivity contribution in [2.24, 2.45) is 4.99 Å². The van der Waals surface area contributed by atoms with Crippen LogP contribution < -0.4 is 10.6 Å². The Balaban J connectivity index is 0.00000264. The van der Waals surface area contributed by atoms with E-state index in [1.54, 1.807) is 6.20 Å². The average molecular weight is 431 g/mol. The van der Waals surface area contributed by atoms with Crippen LogP contribution in [0.5, 0.6) is 0 Å². The van der Waals surface area contributed by atoms with Crippen molar-refractivity contribution < 1.29 is 4.79 Å². The van der Waals surface area contributed by atoms with Crippen LogP contribution in [0.2, 0.25) is 0 Å². The third-order valence-corrected chi connectivity index (χ3v) is 3.56. The van der Waals surface area contributed by atoms with Crippen molar-refractivity contribution in [1.82, 2.24) is 20.5 Å². The maximum absolute atomic E-state index is 12.0. The minimum atomic E-state index is 0. The number of hydrogen-bond donors (Lipinski definition) is 2. The minimum absolute atomic E-state index is 0. The van der Waals surface area contributed by atoms with Gasteiger partial charge >= 0.3 is 0 Å². The van der Waals surface area contributed by atoms with Gasteiger partial charge in [0.05, 0.1) is 12.2 Å². The number of nitrogens with one attached hydrogen (secondary N) is 2. The predicted octanol–water partition coefficient (Wildman–Crippen LogP) is 1.77. The molecular weight excluding hydrogens is 405 g/mol. The fourth-order valence-corrected chi connectivity index (χ4v) is 2.41. The van der Waals surface area contributed by atoms with Gasteiger partial charge in [-0.2, -0.15) is 0 Å². The Labute approximate surface area is 155 Å². The molecule has 1 aromatic rings. The van der Waals surface area contributed by atoms with Crippen LogP contribution in [0.15, 0.2) is 29.4 Å². The summed E-state index contributed by atoms with van der Waals surface area (Å²) < 4.78 is 0. The number of aliphatic imine (C=N–C) groups is 1. The SMILES string of the molecule is CCNC(=NCc1ccccn1)NCCC(=O)N1CCCC1.I. The number of guanidine groups is 1. The van der Waals surface area contributed by atoms with E-state index < -0.39 is 0 Å². The summed E-state index contributed by atoms with van der Waals surface area (Å²) in [6, 6.07) is 5.79. The first-order chi connectivity index (χ1) is 10.8. The van der Waals surface area contributed by atoms with Crippen LogP contribution >= 0.6 is 24.0 Å². The van der Waals surface area contributed by atoms with Crippen molar-refractivity contribution in [1.29, 1.82) is 0 Å². The first-order valence-corrected chi connectivity index (χ1v) is 7.99. The highest BCUT2D eigenvalue weighted by Gasteiger charge is 2.17. The molecule has 7 heteroatoms. The van der Waals surface area contributed by atoms with E-state index in [0.29, 0.717) is 19.5 Å². The molecule has 0 radical (unpaired) electrons. The molecule has 0 aromatic carbocycles. The molecular formula is C16H26IN5O. The summed E-state index contributed by atoms with van der Waals surface area (Å²) in [6.07, 6.45) is 4.54. The summed E-state index contributed by atoms with van der Waals surface area (Å²) in [5.41, 5.74) is 0.924. The molecule has 0 saturated carbocycles. The Kier molecular flexibility index (Phi) is 9.58. The zero-order chi connectivity index (χ0) is 15.6. The van der Waals surface area contributed by atoms with Crippen LogP contribution in [0.25, 0.3) is 0 Å². The van der Waals surface area contributed by atoms with Crippen LogP contribution in [-0.4, -0.2) is 47.9 Å². The second kappa shape index (κ2) is 11.2. The Morgan fingerprint density at radius 2 is 2.09 bits per heavy atom. The van der Waals surface area contributed by atoms with Crippen LogP contribution in [0.3, 0.4) is 0 Å². The van der Waals surface area contributed by atoms with Gasteiger partial charge < -0.3 is 15.5 Å². The summed E-state index contributed by atoms with van der Waals surface area (Å²) in [4.78, 5) is 22.7. The third kappa shape index (κ3) is 7.15. The first-order valence-electron chi connectivity index (χ1n) is 7.99. The molecule has 0 aliphatic carbocycles. The molecule has 0 unspecified atom stereocenters. The minimum Gasteiger partial charge on any atom is -0.357 e. The monoisotopic (exact) mass is 431 g/mol. The molecule has 23 heavy (non-hydrogen) atoms. The van der Waals surface area contributed by atoms with Crippen molar-refractivity contribution in [2.75, 3.05) is 26.2 Å². The van der Waals surface area contributed by atoms with Crippen LogP contribution in [-0.2, 0) is 11.3 Å². The summed E-state index contributed by atoms with van der Waals surface area (Å²) in [7, 11) is 0. The van der Waals surface area contributed by atoms with Gasteiger partial charge in [-0.05, 0) is 31.9 Å². The fraction of sp³-hybridized carbons (Fsp3) is 0.562. The van der Waals surface area contributed by atoms with Gasteiger partial charge in [-0.25, -0.2) is 4.99 Å². The van der Waals surface area contributed by atoms with Crippen molar-refractivity contribution in [3.8, 4) is 0 Å². The van der Waals surface area contributed by atoms with Crippen molar-refractivity contribution in [3.63, 3.8) is 0 Å². The smallest absolute Gasteiger partial charge is 0.224 e. The number of nitrogens with zero attached hydrogens (tertiary/aromatic N) is 3. The highest BCUT2D eigenvalue weighted by molar-refractivity contribution is 14.0. The maximum Gasteiger partial charge on any atom is 0.224 e. The topological polar surface area (TPSA) is 69.6 Å². The second-order valence-corrected chi connectivity index (χ2v) is 5.28. The second-order valence-electron chi connectivity index (χ2n) is 5.28. The van der Waals surface area contributed by atoms with E-state index in [1.807, 2.05) is 30.0 Å². The van der Waals surface area contributed by atoms with Crippen molar-refractivity contribution >= 4 is 35.8 Å². The Morgan fingerprint density at radius 1 is 1.30 bits per heavy atom. The van der Waals surface area contributed by atoms with Gasteiger partial charge in [-0.3, -0.25) is 9.78 Å². The molecule has 2 rings (SSSR count). The molecule has 2 heterocycles. The molecule has 1 amide bonds. The van der Waals surface area contributed by atoms with E-state index in [9.17, 15) is 4.79 Å². The standard InChI is InChI=1S/C16H25N5O.HI/c1-2-17-16(20-13-14-7-3-4-9-18-14)19-10-8-15(22)21-11-5-6-12-21;/h3-4,7,9H,2,5-6,8,10-13H2,1H3,(H2,17,19,20);1H. The summed E-state index contributed by atoms with van der Waals surface area (Å²) in [5.74, 6) is 0.952. The molecule has 1 aliphatic rings.